The predicted octanol–water partition coefficient (Wildman–Crippen LogP) is 3.97. The molecule has 3 heterocycles. The van der Waals surface area contributed by atoms with Gasteiger partial charge >= 0.3 is 0 Å². The lowest BCUT2D eigenvalue weighted by Gasteiger charge is -2.37. The van der Waals surface area contributed by atoms with Crippen LogP contribution in [0, 0.1) is 0 Å². The molecular weight excluding hydrogens is 342 g/mol. The fraction of sp³-hybridized carbons (Fsp3) is 0.421. The summed E-state index contributed by atoms with van der Waals surface area (Å²) in [4.78, 5) is 14.8. The largest absolute Gasteiger partial charge is 0.451 e. The van der Waals surface area contributed by atoms with E-state index in [-0.39, 0.29) is 18.2 Å². The number of nitrogens with zero attached hydrogens (tertiary/aromatic N) is 1. The first kappa shape index (κ1) is 16.6. The molecule has 0 bridgehead atoms. The molecule has 2 aliphatic rings. The molecule has 2 fully saturated rings. The second-order valence-electron chi connectivity index (χ2n) is 6.32. The molecule has 25 heavy (non-hydrogen) atoms. The molecule has 5 nitrogen and oxygen atoms in total. The van der Waals surface area contributed by atoms with Gasteiger partial charge in [0.15, 0.2) is 12.1 Å². The summed E-state index contributed by atoms with van der Waals surface area (Å²) in [6.07, 6.45) is 2.60. The van der Waals surface area contributed by atoms with Gasteiger partial charge in [0, 0.05) is 12.1 Å². The van der Waals surface area contributed by atoms with Gasteiger partial charge in [-0.3, -0.25) is 4.79 Å². The minimum absolute atomic E-state index is 0.0578. The summed E-state index contributed by atoms with van der Waals surface area (Å²) in [7, 11) is 0. The molecule has 0 N–H and O–H groups in total. The highest BCUT2D eigenvalue weighted by molar-refractivity contribution is 6.33. The Morgan fingerprint density at radius 1 is 1.08 bits per heavy atom. The molecule has 4 rings (SSSR count). The summed E-state index contributed by atoms with van der Waals surface area (Å²) in [6.45, 7) is 1.86. The molecule has 132 valence electrons. The first-order chi connectivity index (χ1) is 12.2. The molecule has 0 saturated carbocycles. The SMILES string of the molecule is O=C(c1ccc(-c2ccccc2Cl)o1)N1CCCC[C@@H]1C1OCCO1. The number of furan rings is 1. The van der Waals surface area contributed by atoms with E-state index in [1.807, 2.05) is 23.1 Å². The van der Waals surface area contributed by atoms with Crippen LogP contribution in [-0.2, 0) is 9.47 Å². The van der Waals surface area contributed by atoms with Crippen molar-refractivity contribution < 1.29 is 18.7 Å². The minimum Gasteiger partial charge on any atom is -0.451 e. The van der Waals surface area contributed by atoms with Crippen molar-refractivity contribution in [2.75, 3.05) is 19.8 Å². The van der Waals surface area contributed by atoms with Gasteiger partial charge in [0.05, 0.1) is 24.3 Å². The normalized spacial score (nSPS) is 21.6. The molecule has 2 saturated heterocycles. The molecule has 1 atom stereocenters. The number of carbonyl (C=O) groups excluding carboxylic acids is 1. The quantitative estimate of drug-likeness (QED) is 0.830. The third kappa shape index (κ3) is 3.32. The van der Waals surface area contributed by atoms with Crippen molar-refractivity contribution in [2.24, 2.45) is 0 Å². The molecule has 2 aliphatic heterocycles. The number of hydrogen-bond acceptors (Lipinski definition) is 4. The number of halogens is 1. The highest BCUT2D eigenvalue weighted by atomic mass is 35.5. The Hall–Kier alpha value is -1.82. The summed E-state index contributed by atoms with van der Waals surface area (Å²) >= 11 is 6.22. The van der Waals surface area contributed by atoms with Crippen LogP contribution in [0.15, 0.2) is 40.8 Å². The van der Waals surface area contributed by atoms with Crippen molar-refractivity contribution in [3.8, 4) is 11.3 Å². The van der Waals surface area contributed by atoms with Crippen molar-refractivity contribution >= 4 is 17.5 Å². The minimum atomic E-state index is -0.331. The number of ether oxygens (including phenoxy) is 2. The van der Waals surface area contributed by atoms with Crippen LogP contribution in [-0.4, -0.2) is 42.9 Å². The van der Waals surface area contributed by atoms with Crippen LogP contribution in [0.5, 0.6) is 0 Å². The average molecular weight is 362 g/mol. The van der Waals surface area contributed by atoms with Gasteiger partial charge in [0.2, 0.25) is 0 Å². The van der Waals surface area contributed by atoms with E-state index in [0.717, 1.165) is 24.8 Å². The fourth-order valence-electron chi connectivity index (χ4n) is 3.49. The smallest absolute Gasteiger partial charge is 0.290 e. The Kier molecular flexibility index (Phi) is 4.79. The molecule has 0 radical (unpaired) electrons. The number of likely N-dealkylation sites (tertiary alicyclic amines) is 1. The zero-order chi connectivity index (χ0) is 17.2. The van der Waals surface area contributed by atoms with E-state index in [1.165, 1.54) is 0 Å². The number of carbonyl (C=O) groups is 1. The molecule has 1 aromatic carbocycles. The van der Waals surface area contributed by atoms with E-state index in [2.05, 4.69) is 0 Å². The number of amides is 1. The third-order valence-electron chi connectivity index (χ3n) is 4.73. The van der Waals surface area contributed by atoms with Crippen molar-refractivity contribution in [2.45, 2.75) is 31.6 Å². The van der Waals surface area contributed by atoms with Crippen LogP contribution < -0.4 is 0 Å². The van der Waals surface area contributed by atoms with Crippen molar-refractivity contribution in [3.05, 3.63) is 47.2 Å². The number of rotatable bonds is 3. The molecule has 1 aromatic heterocycles. The van der Waals surface area contributed by atoms with Gasteiger partial charge in [-0.25, -0.2) is 0 Å². The summed E-state index contributed by atoms with van der Waals surface area (Å²) in [5.41, 5.74) is 0.779. The van der Waals surface area contributed by atoms with E-state index in [1.54, 1.807) is 18.2 Å². The molecule has 6 heteroatoms. The van der Waals surface area contributed by atoms with Gasteiger partial charge in [-0.2, -0.15) is 0 Å². The van der Waals surface area contributed by atoms with Crippen LogP contribution in [0.3, 0.4) is 0 Å². The molecule has 1 amide bonds. The van der Waals surface area contributed by atoms with E-state index in [9.17, 15) is 4.79 Å². The number of benzene rings is 1. The molecule has 0 unspecified atom stereocenters. The fourth-order valence-corrected chi connectivity index (χ4v) is 3.72. The summed E-state index contributed by atoms with van der Waals surface area (Å²) in [6, 6.07) is 10.9. The lowest BCUT2D eigenvalue weighted by molar-refractivity contribution is -0.100. The topological polar surface area (TPSA) is 51.9 Å². The maximum absolute atomic E-state index is 13.0. The first-order valence-electron chi connectivity index (χ1n) is 8.63. The molecule has 0 aliphatic carbocycles. The van der Waals surface area contributed by atoms with Gasteiger partial charge in [-0.15, -0.1) is 0 Å². The lowest BCUT2D eigenvalue weighted by atomic mass is 10.0. The Labute approximate surface area is 151 Å². The van der Waals surface area contributed by atoms with Crippen molar-refractivity contribution in [1.29, 1.82) is 0 Å². The van der Waals surface area contributed by atoms with E-state index < -0.39 is 0 Å². The molecule has 2 aromatic rings. The van der Waals surface area contributed by atoms with Gasteiger partial charge in [0.1, 0.15) is 5.76 Å². The van der Waals surface area contributed by atoms with Crippen LogP contribution in [0.25, 0.3) is 11.3 Å². The summed E-state index contributed by atoms with van der Waals surface area (Å²) in [5.74, 6) is 0.790. The highest BCUT2D eigenvalue weighted by Gasteiger charge is 2.37. The number of hydrogen-bond donors (Lipinski definition) is 0. The van der Waals surface area contributed by atoms with Gasteiger partial charge in [-0.05, 0) is 43.5 Å². The highest BCUT2D eigenvalue weighted by Crippen LogP contribution is 2.31. The molecular formula is C19H20ClNO4. The Morgan fingerprint density at radius 2 is 1.88 bits per heavy atom. The second kappa shape index (κ2) is 7.20. The van der Waals surface area contributed by atoms with Crippen molar-refractivity contribution in [1.82, 2.24) is 4.90 Å². The van der Waals surface area contributed by atoms with E-state index >= 15 is 0 Å². The van der Waals surface area contributed by atoms with Crippen LogP contribution in [0.4, 0.5) is 0 Å². The van der Waals surface area contributed by atoms with Crippen molar-refractivity contribution in [3.63, 3.8) is 0 Å². The van der Waals surface area contributed by atoms with Crippen LogP contribution in [0.2, 0.25) is 5.02 Å². The Morgan fingerprint density at radius 3 is 2.68 bits per heavy atom. The van der Waals surface area contributed by atoms with Gasteiger partial charge < -0.3 is 18.8 Å². The Bertz CT molecular complexity index is 753. The average Bonchev–Trinajstić information content (AvgIpc) is 3.34. The van der Waals surface area contributed by atoms with Crippen LogP contribution >= 0.6 is 11.6 Å². The summed E-state index contributed by atoms with van der Waals surface area (Å²) < 4.78 is 17.1. The number of piperidine rings is 1. The monoisotopic (exact) mass is 361 g/mol. The second-order valence-corrected chi connectivity index (χ2v) is 6.72. The van der Waals surface area contributed by atoms with Crippen LogP contribution in [0.1, 0.15) is 29.8 Å². The Balaban J connectivity index is 1.56. The summed E-state index contributed by atoms with van der Waals surface area (Å²) in [5, 5.41) is 0.597. The molecule has 0 spiro atoms. The maximum atomic E-state index is 13.0. The maximum Gasteiger partial charge on any atom is 0.290 e. The van der Waals surface area contributed by atoms with E-state index in [4.69, 9.17) is 25.5 Å². The van der Waals surface area contributed by atoms with Gasteiger partial charge in [0.25, 0.3) is 5.91 Å². The van der Waals surface area contributed by atoms with Gasteiger partial charge in [-0.1, -0.05) is 23.7 Å². The standard InChI is InChI=1S/C19H20ClNO4/c20-14-6-2-1-5-13(14)16-8-9-17(25-16)18(22)21-10-4-3-7-15(21)19-23-11-12-24-19/h1-2,5-6,8-9,15,19H,3-4,7,10-12H2/t15-/m1/s1. The first-order valence-corrected chi connectivity index (χ1v) is 9.01. The predicted molar refractivity (Wildman–Crippen MR) is 93.5 cm³/mol. The zero-order valence-electron chi connectivity index (χ0n) is 13.8. The lowest BCUT2D eigenvalue weighted by Crippen LogP contribution is -2.50. The third-order valence-corrected chi connectivity index (χ3v) is 5.06. The zero-order valence-corrected chi connectivity index (χ0v) is 14.6. The van der Waals surface area contributed by atoms with E-state index in [0.29, 0.717) is 36.3 Å².